The Hall–Kier alpha value is -1.92. The standard InChI is InChI=1S/C14H18N4OS/c1-2-11-8-10(9-13(17-11)18-15)14(19)16-6-5-12-4-3-7-20-12/h3-4,7-9H,2,5-6,15H2,1H3,(H,16,19)(H,17,18). The normalized spacial score (nSPS) is 10.3. The maximum atomic E-state index is 12.1. The maximum Gasteiger partial charge on any atom is 0.251 e. The summed E-state index contributed by atoms with van der Waals surface area (Å²) in [5.74, 6) is 5.77. The fourth-order valence-electron chi connectivity index (χ4n) is 1.83. The number of hydrazine groups is 1. The summed E-state index contributed by atoms with van der Waals surface area (Å²) in [6.07, 6.45) is 1.60. The van der Waals surface area contributed by atoms with E-state index in [4.69, 9.17) is 5.84 Å². The molecule has 5 nitrogen and oxygen atoms in total. The summed E-state index contributed by atoms with van der Waals surface area (Å²) in [7, 11) is 0. The van der Waals surface area contributed by atoms with Gasteiger partial charge in [0.25, 0.3) is 5.91 Å². The zero-order valence-corrected chi connectivity index (χ0v) is 12.2. The first-order chi connectivity index (χ1) is 9.72. The predicted molar refractivity (Wildman–Crippen MR) is 81.8 cm³/mol. The third kappa shape index (κ3) is 3.79. The molecule has 0 radical (unpaired) electrons. The second-order valence-electron chi connectivity index (χ2n) is 4.32. The molecule has 2 heterocycles. The van der Waals surface area contributed by atoms with Crippen LogP contribution in [0.4, 0.5) is 5.82 Å². The van der Waals surface area contributed by atoms with Gasteiger partial charge in [-0.1, -0.05) is 13.0 Å². The summed E-state index contributed by atoms with van der Waals surface area (Å²) in [6.45, 7) is 2.61. The number of aryl methyl sites for hydroxylation is 1. The summed E-state index contributed by atoms with van der Waals surface area (Å²) in [5, 5.41) is 4.95. The molecule has 0 saturated heterocycles. The fourth-order valence-corrected chi connectivity index (χ4v) is 2.54. The Morgan fingerprint density at radius 3 is 2.95 bits per heavy atom. The molecule has 2 rings (SSSR count). The van der Waals surface area contributed by atoms with Crippen LogP contribution in [0.5, 0.6) is 0 Å². The molecule has 0 aliphatic carbocycles. The van der Waals surface area contributed by atoms with E-state index in [1.54, 1.807) is 23.5 Å². The van der Waals surface area contributed by atoms with Gasteiger partial charge in [0.15, 0.2) is 0 Å². The van der Waals surface area contributed by atoms with Gasteiger partial charge >= 0.3 is 0 Å². The van der Waals surface area contributed by atoms with E-state index in [1.165, 1.54) is 4.88 Å². The lowest BCUT2D eigenvalue weighted by Crippen LogP contribution is -2.26. The number of anilines is 1. The van der Waals surface area contributed by atoms with Crippen molar-refractivity contribution < 1.29 is 4.79 Å². The number of nitrogens with one attached hydrogen (secondary N) is 2. The number of nitrogens with two attached hydrogens (primary N) is 1. The van der Waals surface area contributed by atoms with Gasteiger partial charge in [0.2, 0.25) is 0 Å². The van der Waals surface area contributed by atoms with Crippen LogP contribution in [0, 0.1) is 0 Å². The van der Waals surface area contributed by atoms with Crippen molar-refractivity contribution in [1.29, 1.82) is 0 Å². The summed E-state index contributed by atoms with van der Waals surface area (Å²) in [5.41, 5.74) is 3.90. The molecule has 20 heavy (non-hydrogen) atoms. The van der Waals surface area contributed by atoms with Crippen molar-refractivity contribution >= 4 is 23.1 Å². The molecule has 0 unspecified atom stereocenters. The smallest absolute Gasteiger partial charge is 0.251 e. The van der Waals surface area contributed by atoms with Gasteiger partial charge in [0.05, 0.1) is 0 Å². The maximum absolute atomic E-state index is 12.1. The van der Waals surface area contributed by atoms with E-state index in [-0.39, 0.29) is 5.91 Å². The topological polar surface area (TPSA) is 80.0 Å². The second kappa shape index (κ2) is 7.02. The van der Waals surface area contributed by atoms with Crippen molar-refractivity contribution in [3.63, 3.8) is 0 Å². The molecule has 0 aliphatic heterocycles. The molecule has 0 aliphatic rings. The molecule has 0 fully saturated rings. The van der Waals surface area contributed by atoms with Gasteiger partial charge in [-0.15, -0.1) is 11.3 Å². The predicted octanol–water partition coefficient (Wildman–Crippen LogP) is 1.96. The molecular weight excluding hydrogens is 272 g/mol. The highest BCUT2D eigenvalue weighted by molar-refractivity contribution is 7.09. The number of rotatable bonds is 6. The third-order valence-corrected chi connectivity index (χ3v) is 3.82. The molecule has 2 aromatic heterocycles. The highest BCUT2D eigenvalue weighted by atomic mass is 32.1. The molecule has 0 atom stereocenters. The van der Waals surface area contributed by atoms with E-state index < -0.39 is 0 Å². The highest BCUT2D eigenvalue weighted by Crippen LogP contribution is 2.11. The first-order valence-electron chi connectivity index (χ1n) is 6.51. The average molecular weight is 290 g/mol. The van der Waals surface area contributed by atoms with Crippen LogP contribution in [-0.4, -0.2) is 17.4 Å². The minimum atomic E-state index is -0.102. The number of carbonyl (C=O) groups excluding carboxylic acids is 1. The summed E-state index contributed by atoms with van der Waals surface area (Å²) in [4.78, 5) is 17.6. The van der Waals surface area contributed by atoms with Gasteiger partial charge in [-0.25, -0.2) is 10.8 Å². The minimum Gasteiger partial charge on any atom is -0.352 e. The number of thiophene rings is 1. The van der Waals surface area contributed by atoms with E-state index in [0.717, 1.165) is 18.5 Å². The minimum absolute atomic E-state index is 0.102. The second-order valence-corrected chi connectivity index (χ2v) is 5.35. The van der Waals surface area contributed by atoms with Crippen LogP contribution in [0.1, 0.15) is 27.9 Å². The first-order valence-corrected chi connectivity index (χ1v) is 7.39. The van der Waals surface area contributed by atoms with Crippen LogP contribution in [0.3, 0.4) is 0 Å². The van der Waals surface area contributed by atoms with E-state index in [0.29, 0.717) is 17.9 Å². The number of hydrogen-bond donors (Lipinski definition) is 3. The first kappa shape index (κ1) is 14.5. The van der Waals surface area contributed by atoms with Crippen molar-refractivity contribution in [2.45, 2.75) is 19.8 Å². The molecule has 0 saturated carbocycles. The lowest BCUT2D eigenvalue weighted by atomic mass is 10.2. The van der Waals surface area contributed by atoms with Crippen molar-refractivity contribution in [3.8, 4) is 0 Å². The third-order valence-electron chi connectivity index (χ3n) is 2.89. The molecular formula is C14H18N4OS. The summed E-state index contributed by atoms with van der Waals surface area (Å²) < 4.78 is 0. The van der Waals surface area contributed by atoms with Crippen LogP contribution < -0.4 is 16.6 Å². The van der Waals surface area contributed by atoms with Crippen molar-refractivity contribution in [1.82, 2.24) is 10.3 Å². The molecule has 0 bridgehead atoms. The zero-order valence-electron chi connectivity index (χ0n) is 11.3. The van der Waals surface area contributed by atoms with Gasteiger partial charge < -0.3 is 10.7 Å². The van der Waals surface area contributed by atoms with E-state index in [1.807, 2.05) is 18.4 Å². The number of carbonyl (C=O) groups is 1. The number of amides is 1. The van der Waals surface area contributed by atoms with Crippen molar-refractivity contribution in [3.05, 3.63) is 45.8 Å². The average Bonchev–Trinajstić information content (AvgIpc) is 2.99. The monoisotopic (exact) mass is 290 g/mol. The number of aromatic nitrogens is 1. The Morgan fingerprint density at radius 1 is 1.45 bits per heavy atom. The van der Waals surface area contributed by atoms with Crippen LogP contribution in [0.25, 0.3) is 0 Å². The van der Waals surface area contributed by atoms with Crippen molar-refractivity contribution in [2.24, 2.45) is 5.84 Å². The van der Waals surface area contributed by atoms with Crippen LogP contribution in [-0.2, 0) is 12.8 Å². The summed E-state index contributed by atoms with van der Waals surface area (Å²) in [6, 6.07) is 7.52. The van der Waals surface area contributed by atoms with Crippen molar-refractivity contribution in [2.75, 3.05) is 12.0 Å². The quantitative estimate of drug-likeness (QED) is 0.561. The Morgan fingerprint density at radius 2 is 2.30 bits per heavy atom. The number of nitrogens with zero attached hydrogens (tertiary/aromatic N) is 1. The summed E-state index contributed by atoms with van der Waals surface area (Å²) >= 11 is 1.69. The molecule has 1 amide bonds. The van der Waals surface area contributed by atoms with Crippen LogP contribution in [0.2, 0.25) is 0 Å². The fraction of sp³-hybridized carbons (Fsp3) is 0.286. The van der Waals surface area contributed by atoms with Crippen LogP contribution in [0.15, 0.2) is 29.6 Å². The van der Waals surface area contributed by atoms with E-state index >= 15 is 0 Å². The van der Waals surface area contributed by atoms with Gasteiger partial charge in [0, 0.05) is 22.7 Å². The van der Waals surface area contributed by atoms with Gasteiger partial charge in [-0.3, -0.25) is 4.79 Å². The number of hydrogen-bond acceptors (Lipinski definition) is 5. The van der Waals surface area contributed by atoms with Gasteiger partial charge in [0.1, 0.15) is 5.82 Å². The molecule has 0 aromatic carbocycles. The van der Waals surface area contributed by atoms with E-state index in [9.17, 15) is 4.79 Å². The molecule has 6 heteroatoms. The SMILES string of the molecule is CCc1cc(C(=O)NCCc2cccs2)cc(NN)n1. The van der Waals surface area contributed by atoms with Gasteiger partial charge in [-0.2, -0.15) is 0 Å². The number of nitrogen functional groups attached to an aromatic ring is 1. The Bertz CT molecular complexity index is 546. The zero-order chi connectivity index (χ0) is 14.4. The Balaban J connectivity index is 1.97. The largest absolute Gasteiger partial charge is 0.352 e. The van der Waals surface area contributed by atoms with E-state index in [2.05, 4.69) is 21.8 Å². The van der Waals surface area contributed by atoms with Gasteiger partial charge in [-0.05, 0) is 36.4 Å². The molecule has 0 spiro atoms. The molecule has 2 aromatic rings. The molecule has 106 valence electrons. The Labute approximate surface area is 122 Å². The van der Waals surface area contributed by atoms with Crippen LogP contribution >= 0.6 is 11.3 Å². The molecule has 4 N–H and O–H groups in total. The lowest BCUT2D eigenvalue weighted by molar-refractivity contribution is 0.0954. The Kier molecular flexibility index (Phi) is 5.09. The number of pyridine rings is 1. The highest BCUT2D eigenvalue weighted by Gasteiger charge is 2.09. The lowest BCUT2D eigenvalue weighted by Gasteiger charge is -2.08.